The zero-order valence-electron chi connectivity index (χ0n) is 19.7. The molecule has 3 nitrogen and oxygen atoms in total. The molecule has 0 aromatic heterocycles. The number of carbonyl (C=O) groups excluding carboxylic acids is 1. The minimum atomic E-state index is -1.93. The molecule has 1 atom stereocenters. The predicted octanol–water partition coefficient (Wildman–Crippen LogP) is 7.40. The van der Waals surface area contributed by atoms with Crippen LogP contribution in [0.25, 0.3) is 0 Å². The fourth-order valence-electron chi connectivity index (χ4n) is 2.75. The van der Waals surface area contributed by atoms with Gasteiger partial charge in [0.1, 0.15) is 5.75 Å². The third-order valence-electron chi connectivity index (χ3n) is 5.48. The Hall–Kier alpha value is -1.96. The first-order chi connectivity index (χ1) is 13.7. The summed E-state index contributed by atoms with van der Waals surface area (Å²) >= 11 is 0. The Morgan fingerprint density at radius 1 is 0.900 bits per heavy atom. The quantitative estimate of drug-likeness (QED) is 0.244. The summed E-state index contributed by atoms with van der Waals surface area (Å²) in [5.41, 5.74) is 2.01. The van der Waals surface area contributed by atoms with E-state index < -0.39 is 22.7 Å². The summed E-state index contributed by atoms with van der Waals surface area (Å²) in [5, 5.41) is 0.130. The molecular weight excluding hydrogens is 404 g/mol. The molecule has 0 aliphatic carbocycles. The van der Waals surface area contributed by atoms with Gasteiger partial charge in [-0.1, -0.05) is 69.8 Å². The summed E-state index contributed by atoms with van der Waals surface area (Å²) in [4.78, 5) is 13.0. The van der Waals surface area contributed by atoms with E-state index in [0.29, 0.717) is 11.1 Å². The van der Waals surface area contributed by atoms with Crippen LogP contribution in [0.5, 0.6) is 5.75 Å². The van der Waals surface area contributed by atoms with Crippen molar-refractivity contribution < 1.29 is 13.6 Å². The first kappa shape index (κ1) is 24.3. The molecule has 0 aliphatic heterocycles. The van der Waals surface area contributed by atoms with E-state index in [4.69, 9.17) is 8.85 Å². The maximum atomic E-state index is 13.0. The molecule has 0 saturated carbocycles. The van der Waals surface area contributed by atoms with Gasteiger partial charge in [-0.15, -0.1) is 0 Å². The average Bonchev–Trinajstić information content (AvgIpc) is 2.64. The van der Waals surface area contributed by atoms with Crippen molar-refractivity contribution in [3.05, 3.63) is 77.9 Å². The van der Waals surface area contributed by atoms with Crippen molar-refractivity contribution in [1.29, 1.82) is 0 Å². The summed E-state index contributed by atoms with van der Waals surface area (Å²) in [7, 11) is -3.84. The van der Waals surface area contributed by atoms with Gasteiger partial charge in [0.15, 0.2) is 14.1 Å². The van der Waals surface area contributed by atoms with E-state index in [-0.39, 0.29) is 10.8 Å². The molecule has 30 heavy (non-hydrogen) atoms. The zero-order chi connectivity index (χ0) is 22.7. The number of hydrogen-bond acceptors (Lipinski definition) is 3. The average molecular weight is 441 g/mol. The van der Waals surface area contributed by atoms with E-state index in [9.17, 15) is 4.79 Å². The molecule has 0 heterocycles. The van der Waals surface area contributed by atoms with Gasteiger partial charge in [-0.05, 0) is 55.5 Å². The van der Waals surface area contributed by atoms with E-state index in [1.165, 1.54) is 0 Å². The summed E-state index contributed by atoms with van der Waals surface area (Å²) in [6.07, 6.45) is -0.466. The number of rotatable bonds is 8. The summed E-state index contributed by atoms with van der Waals surface area (Å²) in [6.45, 7) is 21.6. The van der Waals surface area contributed by atoms with Crippen molar-refractivity contribution in [2.24, 2.45) is 0 Å². The van der Waals surface area contributed by atoms with Gasteiger partial charge in [-0.2, -0.15) is 0 Å². The summed E-state index contributed by atoms with van der Waals surface area (Å²) in [6, 6.07) is 17.2. The lowest BCUT2D eigenvalue weighted by Crippen LogP contribution is -2.43. The smallest absolute Gasteiger partial charge is 0.250 e. The van der Waals surface area contributed by atoms with Crippen LogP contribution < -0.4 is 4.43 Å². The van der Waals surface area contributed by atoms with Crippen LogP contribution in [0, 0.1) is 0 Å². The van der Waals surface area contributed by atoms with Gasteiger partial charge in [-0.25, -0.2) is 0 Å². The molecule has 0 fully saturated rings. The molecule has 0 radical (unpaired) electrons. The third kappa shape index (κ3) is 6.27. The fourth-order valence-corrected chi connectivity index (χ4v) is 4.76. The van der Waals surface area contributed by atoms with Gasteiger partial charge >= 0.3 is 0 Å². The van der Waals surface area contributed by atoms with Crippen molar-refractivity contribution in [3.63, 3.8) is 0 Å². The lowest BCUT2D eigenvalue weighted by molar-refractivity contribution is 0.0995. The normalized spacial score (nSPS) is 13.6. The molecule has 0 bridgehead atoms. The van der Waals surface area contributed by atoms with Crippen LogP contribution in [-0.4, -0.2) is 22.4 Å². The second kappa shape index (κ2) is 9.04. The largest absolute Gasteiger partial charge is 0.544 e. The van der Waals surface area contributed by atoms with Crippen molar-refractivity contribution in [3.8, 4) is 5.75 Å². The maximum Gasteiger partial charge on any atom is 0.250 e. The van der Waals surface area contributed by atoms with Gasteiger partial charge in [0, 0.05) is 11.1 Å². The first-order valence-corrected chi connectivity index (χ1v) is 16.8. The van der Waals surface area contributed by atoms with Crippen molar-refractivity contribution >= 4 is 22.4 Å². The van der Waals surface area contributed by atoms with Crippen LogP contribution in [0.4, 0.5) is 0 Å². The van der Waals surface area contributed by atoms with Crippen LogP contribution in [0.1, 0.15) is 42.8 Å². The number of benzene rings is 2. The van der Waals surface area contributed by atoms with Crippen LogP contribution in [-0.2, 0) is 4.43 Å². The molecule has 0 spiro atoms. The third-order valence-corrected chi connectivity index (χ3v) is 10.8. The molecule has 0 saturated heterocycles. The van der Waals surface area contributed by atoms with E-state index in [1.54, 1.807) is 0 Å². The highest BCUT2D eigenvalue weighted by atomic mass is 28.4. The number of hydrogen-bond donors (Lipinski definition) is 0. The Labute approximate surface area is 184 Å². The summed E-state index contributed by atoms with van der Waals surface area (Å²) < 4.78 is 12.8. The maximum absolute atomic E-state index is 13.0. The SMILES string of the molecule is C=C(C(=O)c1ccccc1)C(O[Si](C)(C)C)c1ccc(O[Si](C)(C)C(C)(C)C)cc1. The van der Waals surface area contributed by atoms with Crippen molar-refractivity contribution in [2.75, 3.05) is 0 Å². The zero-order valence-corrected chi connectivity index (χ0v) is 21.7. The lowest BCUT2D eigenvalue weighted by atomic mass is 9.96. The molecule has 0 aliphatic rings. The monoisotopic (exact) mass is 440 g/mol. The predicted molar refractivity (Wildman–Crippen MR) is 131 cm³/mol. The Morgan fingerprint density at radius 3 is 1.90 bits per heavy atom. The van der Waals surface area contributed by atoms with Crippen LogP contribution >= 0.6 is 0 Å². The Bertz CT molecular complexity index is 873. The van der Waals surface area contributed by atoms with Gasteiger partial charge in [0.2, 0.25) is 8.32 Å². The Morgan fingerprint density at radius 2 is 1.43 bits per heavy atom. The lowest BCUT2D eigenvalue weighted by Gasteiger charge is -2.36. The van der Waals surface area contributed by atoms with Crippen LogP contribution in [0.2, 0.25) is 37.8 Å². The minimum absolute atomic E-state index is 0.0829. The fraction of sp³-hybridized carbons (Fsp3) is 0.400. The molecule has 0 amide bonds. The molecule has 5 heteroatoms. The molecule has 2 rings (SSSR count). The van der Waals surface area contributed by atoms with Gasteiger partial charge in [0.05, 0.1) is 6.10 Å². The van der Waals surface area contributed by atoms with E-state index >= 15 is 0 Å². The van der Waals surface area contributed by atoms with Crippen molar-refractivity contribution in [1.82, 2.24) is 0 Å². The molecule has 0 N–H and O–H groups in total. The first-order valence-electron chi connectivity index (χ1n) is 10.5. The van der Waals surface area contributed by atoms with Crippen LogP contribution in [0.3, 0.4) is 0 Å². The van der Waals surface area contributed by atoms with Gasteiger partial charge in [0.25, 0.3) is 0 Å². The molecule has 2 aromatic rings. The van der Waals surface area contributed by atoms with Gasteiger partial charge in [-0.3, -0.25) is 4.79 Å². The Kier molecular flexibility index (Phi) is 7.33. The van der Waals surface area contributed by atoms with Gasteiger partial charge < -0.3 is 8.85 Å². The molecular formula is C25H36O3Si2. The Balaban J connectivity index is 2.31. The summed E-state index contributed by atoms with van der Waals surface area (Å²) in [5.74, 6) is 0.776. The standard InChI is InChI=1S/C25H36O3Si2/c1-19(23(26)20-13-11-10-12-14-20)24(28-29(5,6)7)21-15-17-22(18-16-21)27-30(8,9)25(2,3)4/h10-18,24H,1H2,2-9H3. The molecule has 1 unspecified atom stereocenters. The highest BCUT2D eigenvalue weighted by Gasteiger charge is 2.39. The highest BCUT2D eigenvalue weighted by molar-refractivity contribution is 6.74. The van der Waals surface area contributed by atoms with E-state index in [2.05, 4.69) is 60.1 Å². The highest BCUT2D eigenvalue weighted by Crippen LogP contribution is 2.38. The molecule has 162 valence electrons. The number of Topliss-reactive ketones (excluding diaryl/α,β-unsaturated/α-hetero) is 1. The second-order valence-corrected chi connectivity index (χ2v) is 19.4. The minimum Gasteiger partial charge on any atom is -0.544 e. The molecule has 2 aromatic carbocycles. The van der Waals surface area contributed by atoms with E-state index in [0.717, 1.165) is 11.3 Å². The second-order valence-electron chi connectivity index (χ2n) is 10.3. The topological polar surface area (TPSA) is 35.5 Å². The van der Waals surface area contributed by atoms with Crippen molar-refractivity contribution in [2.45, 2.75) is 64.6 Å². The number of ketones is 1. The van der Waals surface area contributed by atoms with Crippen LogP contribution in [0.15, 0.2) is 66.7 Å². The number of carbonyl (C=O) groups is 1. The van der Waals surface area contributed by atoms with E-state index in [1.807, 2.05) is 54.6 Å².